The molecule has 5 rings (SSSR count). The highest BCUT2D eigenvalue weighted by molar-refractivity contribution is 5.94. The largest absolute Gasteiger partial charge is 0.497 e. The second-order valence-corrected chi connectivity index (χ2v) is 8.86. The van der Waals surface area contributed by atoms with Gasteiger partial charge in [-0.2, -0.15) is 0 Å². The number of methoxy groups -OCH3 is 1. The minimum Gasteiger partial charge on any atom is -0.497 e. The fourth-order valence-electron chi connectivity index (χ4n) is 4.43. The SMILES string of the molecule is COc1ccc(-c2ccnc(NC3COC4C(NC(=O)c5ccc(N(C)C)cc5)COC34)n2)cc1. The van der Waals surface area contributed by atoms with Gasteiger partial charge in [0.1, 0.15) is 18.0 Å². The van der Waals surface area contributed by atoms with Gasteiger partial charge in [-0.3, -0.25) is 4.79 Å². The van der Waals surface area contributed by atoms with Crippen molar-refractivity contribution in [3.05, 3.63) is 66.4 Å². The number of nitrogens with one attached hydrogen (secondary N) is 2. The Morgan fingerprint density at radius 1 is 0.971 bits per heavy atom. The molecule has 0 spiro atoms. The van der Waals surface area contributed by atoms with E-state index in [1.54, 1.807) is 13.3 Å². The quantitative estimate of drug-likeness (QED) is 0.538. The molecule has 0 aliphatic carbocycles. The molecule has 0 saturated carbocycles. The van der Waals surface area contributed by atoms with Crippen LogP contribution in [0.5, 0.6) is 5.75 Å². The minimum absolute atomic E-state index is 0.118. The van der Waals surface area contributed by atoms with Crippen molar-refractivity contribution in [2.45, 2.75) is 24.3 Å². The topological polar surface area (TPSA) is 97.8 Å². The Balaban J connectivity index is 1.21. The van der Waals surface area contributed by atoms with Gasteiger partial charge in [-0.1, -0.05) is 0 Å². The van der Waals surface area contributed by atoms with Crippen LogP contribution in [0.1, 0.15) is 10.4 Å². The van der Waals surface area contributed by atoms with E-state index in [4.69, 9.17) is 14.2 Å². The van der Waals surface area contributed by atoms with Gasteiger partial charge in [0.15, 0.2) is 0 Å². The first kappa shape index (κ1) is 23.1. The molecule has 2 fully saturated rings. The van der Waals surface area contributed by atoms with E-state index in [1.165, 1.54) is 0 Å². The highest BCUT2D eigenvalue weighted by Crippen LogP contribution is 2.29. The number of carbonyl (C=O) groups is 1. The molecule has 9 heteroatoms. The van der Waals surface area contributed by atoms with E-state index < -0.39 is 0 Å². The average molecular weight is 476 g/mol. The summed E-state index contributed by atoms with van der Waals surface area (Å²) < 4.78 is 17.3. The molecule has 2 N–H and O–H groups in total. The van der Waals surface area contributed by atoms with Gasteiger partial charge in [-0.05, 0) is 54.6 Å². The normalized spacial score (nSPS) is 22.9. The maximum absolute atomic E-state index is 12.8. The molecule has 2 saturated heterocycles. The number of benzene rings is 2. The number of hydrogen-bond acceptors (Lipinski definition) is 8. The predicted octanol–water partition coefficient (Wildman–Crippen LogP) is 2.59. The molecule has 0 bridgehead atoms. The maximum Gasteiger partial charge on any atom is 0.251 e. The van der Waals surface area contributed by atoms with Crippen molar-refractivity contribution in [1.29, 1.82) is 0 Å². The molecule has 1 aromatic heterocycles. The molecule has 3 aromatic rings. The summed E-state index contributed by atoms with van der Waals surface area (Å²) in [6.07, 6.45) is 1.29. The monoisotopic (exact) mass is 475 g/mol. The lowest BCUT2D eigenvalue weighted by atomic mass is 10.1. The molecule has 2 aromatic carbocycles. The number of carbonyl (C=O) groups excluding carboxylic acids is 1. The van der Waals surface area contributed by atoms with E-state index >= 15 is 0 Å². The van der Waals surface area contributed by atoms with Crippen LogP contribution in [-0.2, 0) is 9.47 Å². The van der Waals surface area contributed by atoms with Crippen molar-refractivity contribution in [2.75, 3.05) is 44.6 Å². The Morgan fingerprint density at radius 3 is 2.34 bits per heavy atom. The van der Waals surface area contributed by atoms with E-state index in [9.17, 15) is 4.79 Å². The van der Waals surface area contributed by atoms with E-state index in [0.717, 1.165) is 22.7 Å². The zero-order chi connectivity index (χ0) is 24.4. The molecule has 4 atom stereocenters. The third-order valence-corrected chi connectivity index (χ3v) is 6.37. The Kier molecular flexibility index (Phi) is 6.52. The van der Waals surface area contributed by atoms with Gasteiger partial charge in [0.25, 0.3) is 5.91 Å². The van der Waals surface area contributed by atoms with Crippen LogP contribution in [0.2, 0.25) is 0 Å². The second kappa shape index (κ2) is 9.89. The summed E-state index contributed by atoms with van der Waals surface area (Å²) in [7, 11) is 5.57. The van der Waals surface area contributed by atoms with Gasteiger partial charge in [-0.25, -0.2) is 9.97 Å². The van der Waals surface area contributed by atoms with Crippen LogP contribution in [0.25, 0.3) is 11.3 Å². The molecule has 4 unspecified atom stereocenters. The smallest absolute Gasteiger partial charge is 0.251 e. The number of rotatable bonds is 7. The van der Waals surface area contributed by atoms with Gasteiger partial charge < -0.3 is 29.7 Å². The van der Waals surface area contributed by atoms with Crippen LogP contribution in [0.15, 0.2) is 60.8 Å². The number of amides is 1. The first-order chi connectivity index (χ1) is 17.0. The van der Waals surface area contributed by atoms with Crippen molar-refractivity contribution in [2.24, 2.45) is 0 Å². The molecule has 2 aliphatic rings. The maximum atomic E-state index is 12.8. The zero-order valence-electron chi connectivity index (χ0n) is 20.0. The lowest BCUT2D eigenvalue weighted by Crippen LogP contribution is -2.44. The van der Waals surface area contributed by atoms with E-state index in [1.807, 2.05) is 73.6 Å². The molecule has 1 amide bonds. The number of anilines is 2. The molecule has 35 heavy (non-hydrogen) atoms. The number of nitrogens with zero attached hydrogens (tertiary/aromatic N) is 3. The van der Waals surface area contributed by atoms with Crippen LogP contribution in [0.3, 0.4) is 0 Å². The molecule has 3 heterocycles. The van der Waals surface area contributed by atoms with E-state index in [0.29, 0.717) is 24.7 Å². The lowest BCUT2D eigenvalue weighted by molar-refractivity contribution is 0.0652. The summed E-state index contributed by atoms with van der Waals surface area (Å²) in [4.78, 5) is 23.8. The van der Waals surface area contributed by atoms with Gasteiger partial charge in [-0.15, -0.1) is 0 Å². The zero-order valence-corrected chi connectivity index (χ0v) is 20.0. The standard InChI is InChI=1S/C26H29N5O4/c1-31(2)18-8-4-17(5-9-18)25(32)28-21-14-34-24-22(15-35-23(21)24)30-26-27-13-12-20(29-26)16-6-10-19(33-3)11-7-16/h4-13,21-24H,14-15H2,1-3H3,(H,28,32)(H,27,29,30). The second-order valence-electron chi connectivity index (χ2n) is 8.86. The first-order valence-electron chi connectivity index (χ1n) is 11.6. The summed E-state index contributed by atoms with van der Waals surface area (Å²) >= 11 is 0. The summed E-state index contributed by atoms with van der Waals surface area (Å²) in [5.41, 5.74) is 3.42. The van der Waals surface area contributed by atoms with E-state index in [2.05, 4.69) is 20.6 Å². The van der Waals surface area contributed by atoms with Crippen LogP contribution < -0.4 is 20.3 Å². The van der Waals surface area contributed by atoms with Crippen molar-refractivity contribution < 1.29 is 19.0 Å². The lowest BCUT2D eigenvalue weighted by Gasteiger charge is -2.19. The highest BCUT2D eigenvalue weighted by Gasteiger charge is 2.48. The molecular formula is C26H29N5O4. The molecule has 0 radical (unpaired) electrons. The average Bonchev–Trinajstić information content (AvgIpc) is 3.47. The van der Waals surface area contributed by atoms with Gasteiger partial charge in [0.2, 0.25) is 5.95 Å². The molecule has 182 valence electrons. The number of ether oxygens (including phenoxy) is 3. The summed E-state index contributed by atoms with van der Waals surface area (Å²) in [6.45, 7) is 0.830. The van der Waals surface area contributed by atoms with Crippen molar-refractivity contribution >= 4 is 17.5 Å². The molecular weight excluding hydrogens is 446 g/mol. The van der Waals surface area contributed by atoms with Gasteiger partial charge in [0.05, 0.1) is 38.1 Å². The van der Waals surface area contributed by atoms with Crippen LogP contribution in [0.4, 0.5) is 11.6 Å². The Bertz CT molecular complexity index is 1170. The summed E-state index contributed by atoms with van der Waals surface area (Å²) in [5, 5.41) is 6.42. The highest BCUT2D eigenvalue weighted by atomic mass is 16.6. The Labute approximate surface area is 204 Å². The number of fused-ring (bicyclic) bond motifs is 1. The van der Waals surface area contributed by atoms with Crippen molar-refractivity contribution in [3.63, 3.8) is 0 Å². The molecule has 2 aliphatic heterocycles. The van der Waals surface area contributed by atoms with Crippen LogP contribution in [-0.4, -0.2) is 74.6 Å². The van der Waals surface area contributed by atoms with Crippen molar-refractivity contribution in [3.8, 4) is 17.0 Å². The van der Waals surface area contributed by atoms with Crippen molar-refractivity contribution in [1.82, 2.24) is 15.3 Å². The fraction of sp³-hybridized carbons (Fsp3) is 0.346. The Hall–Kier alpha value is -3.69. The third kappa shape index (κ3) is 4.91. The molecule has 9 nitrogen and oxygen atoms in total. The number of hydrogen-bond donors (Lipinski definition) is 2. The Morgan fingerprint density at radius 2 is 1.66 bits per heavy atom. The van der Waals surface area contributed by atoms with Gasteiger partial charge >= 0.3 is 0 Å². The van der Waals surface area contributed by atoms with Gasteiger partial charge in [0, 0.05) is 37.1 Å². The fourth-order valence-corrected chi connectivity index (χ4v) is 4.43. The van der Waals surface area contributed by atoms with Crippen LogP contribution >= 0.6 is 0 Å². The third-order valence-electron chi connectivity index (χ3n) is 6.37. The van der Waals surface area contributed by atoms with Crippen LogP contribution in [0, 0.1) is 0 Å². The summed E-state index contributed by atoms with van der Waals surface area (Å²) in [6, 6.07) is 16.7. The first-order valence-corrected chi connectivity index (χ1v) is 11.6. The van der Waals surface area contributed by atoms with E-state index in [-0.39, 0.29) is 30.2 Å². The predicted molar refractivity (Wildman–Crippen MR) is 133 cm³/mol. The number of aromatic nitrogens is 2. The minimum atomic E-state index is -0.234. The summed E-state index contributed by atoms with van der Waals surface area (Å²) in [5.74, 6) is 1.16.